The molecule has 2 aromatic rings. The molecule has 0 atom stereocenters. The molecule has 0 radical (unpaired) electrons. The van der Waals surface area contributed by atoms with Crippen molar-refractivity contribution in [3.05, 3.63) is 58.8 Å². The molecule has 1 aliphatic rings. The molecule has 1 amide bonds. The van der Waals surface area contributed by atoms with Crippen LogP contribution in [0.5, 0.6) is 0 Å². The second-order valence-electron chi connectivity index (χ2n) is 5.79. The monoisotopic (exact) mass is 358 g/mol. The normalized spacial score (nSPS) is 14.5. The number of carboxylic acid groups (broad SMARTS) is 1. The summed E-state index contributed by atoms with van der Waals surface area (Å²) in [6.07, 6.45) is 2.80. The fourth-order valence-corrected chi connectivity index (χ4v) is 2.69. The number of furan rings is 1. The van der Waals surface area contributed by atoms with Gasteiger partial charge in [-0.05, 0) is 43.2 Å². The first-order valence-electron chi connectivity index (χ1n) is 7.56. The van der Waals surface area contributed by atoms with Crippen molar-refractivity contribution in [3.8, 4) is 11.3 Å². The average molecular weight is 359 g/mol. The number of hydrogen-bond donors (Lipinski definition) is 2. The molecule has 0 saturated heterocycles. The Kier molecular flexibility index (Phi) is 4.72. The van der Waals surface area contributed by atoms with Crippen LogP contribution in [0.3, 0.4) is 0 Å². The maximum atomic E-state index is 11.8. The van der Waals surface area contributed by atoms with Crippen LogP contribution in [0.1, 0.15) is 29.0 Å². The van der Waals surface area contributed by atoms with Crippen molar-refractivity contribution in [2.45, 2.75) is 12.8 Å². The third kappa shape index (κ3) is 3.80. The van der Waals surface area contributed by atoms with Gasteiger partial charge in [-0.15, -0.1) is 0 Å². The molecule has 0 spiro atoms. The number of allylic oxidation sites excluding steroid dienone is 1. The number of amides is 1. The number of carbonyl (C=O) groups excluding carboxylic acids is 1. The van der Waals surface area contributed by atoms with E-state index in [2.05, 4.69) is 17.1 Å². The maximum Gasteiger partial charge on any atom is 0.337 e. The molecule has 2 N–H and O–H groups in total. The molecule has 128 valence electrons. The molecule has 1 aliphatic carbocycles. The maximum absolute atomic E-state index is 11.8. The Morgan fingerprint density at radius 1 is 1.32 bits per heavy atom. The van der Waals surface area contributed by atoms with Crippen LogP contribution in [0.4, 0.5) is 0 Å². The summed E-state index contributed by atoms with van der Waals surface area (Å²) in [5.41, 5.74) is 4.12. The molecular formula is C18H15ClN2O4. The summed E-state index contributed by atoms with van der Waals surface area (Å²) in [6.45, 7) is 3.80. The third-order valence-electron chi connectivity index (χ3n) is 3.92. The van der Waals surface area contributed by atoms with E-state index < -0.39 is 5.97 Å². The highest BCUT2D eigenvalue weighted by Gasteiger charge is 2.28. The number of hydrogen-bond acceptors (Lipinski definition) is 4. The minimum atomic E-state index is -1.11. The summed E-state index contributed by atoms with van der Waals surface area (Å²) < 4.78 is 5.59. The fraction of sp³-hybridized carbons (Fsp3) is 0.167. The molecule has 1 aromatic carbocycles. The molecule has 1 fully saturated rings. The van der Waals surface area contributed by atoms with Gasteiger partial charge in [-0.1, -0.05) is 23.8 Å². The number of nitrogens with zero attached hydrogens (tertiary/aromatic N) is 1. The molecule has 3 rings (SSSR count). The first kappa shape index (κ1) is 17.0. The second kappa shape index (κ2) is 6.94. The van der Waals surface area contributed by atoms with E-state index in [9.17, 15) is 9.59 Å². The Hall–Kier alpha value is -2.86. The van der Waals surface area contributed by atoms with Crippen molar-refractivity contribution in [2.24, 2.45) is 11.0 Å². The first-order chi connectivity index (χ1) is 11.9. The second-order valence-corrected chi connectivity index (χ2v) is 6.20. The van der Waals surface area contributed by atoms with E-state index in [1.807, 2.05) is 0 Å². The number of halogens is 1. The van der Waals surface area contributed by atoms with E-state index >= 15 is 0 Å². The van der Waals surface area contributed by atoms with E-state index in [0.717, 1.165) is 5.57 Å². The van der Waals surface area contributed by atoms with E-state index in [-0.39, 0.29) is 22.4 Å². The van der Waals surface area contributed by atoms with Crippen molar-refractivity contribution >= 4 is 29.7 Å². The molecule has 7 heteroatoms. The minimum Gasteiger partial charge on any atom is -0.478 e. The summed E-state index contributed by atoms with van der Waals surface area (Å²) in [5.74, 6) is -0.400. The number of benzene rings is 1. The molecular weight excluding hydrogens is 344 g/mol. The molecule has 0 unspecified atom stereocenters. The van der Waals surface area contributed by atoms with Gasteiger partial charge < -0.3 is 9.52 Å². The summed E-state index contributed by atoms with van der Waals surface area (Å²) in [4.78, 5) is 22.9. The van der Waals surface area contributed by atoms with E-state index in [1.54, 1.807) is 18.2 Å². The van der Waals surface area contributed by atoms with Crippen molar-refractivity contribution in [1.29, 1.82) is 0 Å². The van der Waals surface area contributed by atoms with Gasteiger partial charge in [-0.2, -0.15) is 5.10 Å². The van der Waals surface area contributed by atoms with Gasteiger partial charge in [-0.25, -0.2) is 10.2 Å². The smallest absolute Gasteiger partial charge is 0.337 e. The van der Waals surface area contributed by atoms with Gasteiger partial charge in [0.1, 0.15) is 11.5 Å². The van der Waals surface area contributed by atoms with Crippen molar-refractivity contribution in [1.82, 2.24) is 5.43 Å². The summed E-state index contributed by atoms with van der Waals surface area (Å²) in [7, 11) is 0. The lowest BCUT2D eigenvalue weighted by Crippen LogP contribution is -2.32. The van der Waals surface area contributed by atoms with Gasteiger partial charge in [0.2, 0.25) is 5.91 Å². The zero-order valence-corrected chi connectivity index (χ0v) is 13.9. The van der Waals surface area contributed by atoms with Crippen molar-refractivity contribution in [3.63, 3.8) is 0 Å². The van der Waals surface area contributed by atoms with Crippen LogP contribution < -0.4 is 5.43 Å². The van der Waals surface area contributed by atoms with Gasteiger partial charge in [0.25, 0.3) is 0 Å². The molecule has 6 nitrogen and oxygen atoms in total. The molecule has 1 saturated carbocycles. The number of carbonyl (C=O) groups is 2. The molecule has 1 heterocycles. The van der Waals surface area contributed by atoms with Crippen LogP contribution in [0.15, 0.2) is 52.0 Å². The lowest BCUT2D eigenvalue weighted by Gasteiger charge is -2.25. The highest BCUT2D eigenvalue weighted by Crippen LogP contribution is 2.31. The van der Waals surface area contributed by atoms with Gasteiger partial charge in [-0.3, -0.25) is 4.79 Å². The van der Waals surface area contributed by atoms with Gasteiger partial charge in [0, 0.05) is 11.5 Å². The van der Waals surface area contributed by atoms with Crippen LogP contribution in [0.2, 0.25) is 5.02 Å². The van der Waals surface area contributed by atoms with E-state index in [1.165, 1.54) is 18.3 Å². The Labute approximate surface area is 148 Å². The largest absolute Gasteiger partial charge is 0.478 e. The number of aromatic carboxylic acids is 1. The van der Waals surface area contributed by atoms with Crippen LogP contribution in [-0.2, 0) is 4.79 Å². The van der Waals surface area contributed by atoms with Crippen LogP contribution in [0, 0.1) is 5.92 Å². The van der Waals surface area contributed by atoms with Crippen LogP contribution in [0.25, 0.3) is 11.3 Å². The average Bonchev–Trinajstić information content (AvgIpc) is 3.00. The molecule has 25 heavy (non-hydrogen) atoms. The van der Waals surface area contributed by atoms with Crippen molar-refractivity contribution in [2.75, 3.05) is 0 Å². The molecule has 0 aliphatic heterocycles. The zero-order chi connectivity index (χ0) is 18.0. The predicted molar refractivity (Wildman–Crippen MR) is 93.7 cm³/mol. The number of nitrogens with one attached hydrogen (secondary N) is 1. The Balaban J connectivity index is 1.67. The fourth-order valence-electron chi connectivity index (χ4n) is 2.49. The predicted octanol–water partition coefficient (Wildman–Crippen LogP) is 3.71. The lowest BCUT2D eigenvalue weighted by molar-refractivity contribution is -0.126. The van der Waals surface area contributed by atoms with Gasteiger partial charge in [0.15, 0.2) is 0 Å². The highest BCUT2D eigenvalue weighted by molar-refractivity contribution is 6.33. The molecule has 0 bridgehead atoms. The summed E-state index contributed by atoms with van der Waals surface area (Å²) in [5, 5.41) is 13.1. The van der Waals surface area contributed by atoms with Gasteiger partial charge >= 0.3 is 5.97 Å². The lowest BCUT2D eigenvalue weighted by atomic mass is 9.81. The topological polar surface area (TPSA) is 91.9 Å². The standard InChI is InChI=1S/C18H15ClN2O4/c1-10-6-12(7-10)17(22)21-20-9-13-3-5-16(25-13)11-2-4-15(19)14(8-11)18(23)24/h2-5,8-9,12H,1,6-7H2,(H,21,22)(H,23,24)/b20-9-. The van der Waals surface area contributed by atoms with Crippen molar-refractivity contribution < 1.29 is 19.1 Å². The van der Waals surface area contributed by atoms with Crippen LogP contribution >= 0.6 is 11.6 Å². The zero-order valence-electron chi connectivity index (χ0n) is 13.2. The minimum absolute atomic E-state index is 0.000124. The highest BCUT2D eigenvalue weighted by atomic mass is 35.5. The Morgan fingerprint density at radius 3 is 2.76 bits per heavy atom. The third-order valence-corrected chi connectivity index (χ3v) is 4.25. The van der Waals surface area contributed by atoms with E-state index in [4.69, 9.17) is 21.1 Å². The Bertz CT molecular complexity index is 877. The number of hydrazone groups is 1. The van der Waals surface area contributed by atoms with Gasteiger partial charge in [0.05, 0.1) is 16.8 Å². The molecule has 1 aromatic heterocycles. The van der Waals surface area contributed by atoms with E-state index in [0.29, 0.717) is 29.9 Å². The number of rotatable bonds is 5. The summed E-state index contributed by atoms with van der Waals surface area (Å²) >= 11 is 5.86. The first-order valence-corrected chi connectivity index (χ1v) is 7.94. The Morgan fingerprint density at radius 2 is 2.08 bits per heavy atom. The summed E-state index contributed by atoms with van der Waals surface area (Å²) in [6, 6.07) is 7.97. The number of carboxylic acids is 1. The SMILES string of the molecule is C=C1CC(C(=O)N/N=C\c2ccc(-c3ccc(Cl)c(C(=O)O)c3)o2)C1. The quantitative estimate of drug-likeness (QED) is 0.484. The van der Waals surface area contributed by atoms with Crippen LogP contribution in [-0.4, -0.2) is 23.2 Å².